The van der Waals surface area contributed by atoms with Crippen LogP contribution >= 0.6 is 11.6 Å². The predicted molar refractivity (Wildman–Crippen MR) is 74.3 cm³/mol. The van der Waals surface area contributed by atoms with Gasteiger partial charge in [-0.2, -0.15) is 0 Å². The Labute approximate surface area is 119 Å². The Kier molecular flexibility index (Phi) is 4.07. The van der Waals surface area contributed by atoms with Gasteiger partial charge in [-0.3, -0.25) is 4.72 Å². The van der Waals surface area contributed by atoms with Crippen LogP contribution in [0.5, 0.6) is 0 Å². The lowest BCUT2D eigenvalue weighted by Gasteiger charge is -2.10. The molecule has 0 saturated carbocycles. The van der Waals surface area contributed by atoms with Crippen LogP contribution in [-0.2, 0) is 10.0 Å². The van der Waals surface area contributed by atoms with Crippen molar-refractivity contribution in [3.05, 3.63) is 47.4 Å². The van der Waals surface area contributed by atoms with Crippen molar-refractivity contribution in [1.82, 2.24) is 4.98 Å². The summed E-state index contributed by atoms with van der Waals surface area (Å²) in [7, 11) is -3.99. The molecule has 0 aliphatic rings. The average Bonchev–Trinajstić information content (AvgIpc) is 2.43. The second kappa shape index (κ2) is 5.61. The zero-order chi connectivity index (χ0) is 14.8. The molecule has 0 saturated heterocycles. The molecule has 2 aromatic rings. The van der Waals surface area contributed by atoms with E-state index in [0.29, 0.717) is 5.82 Å². The number of nitrogens with two attached hydrogens (primary N) is 1. The summed E-state index contributed by atoms with van der Waals surface area (Å²) in [6, 6.07) is 6.50. The van der Waals surface area contributed by atoms with Gasteiger partial charge in [0.15, 0.2) is 0 Å². The van der Waals surface area contributed by atoms with E-state index in [1.54, 1.807) is 0 Å². The number of rotatable bonds is 4. The molecule has 9 heteroatoms. The zero-order valence-electron chi connectivity index (χ0n) is 9.97. The number of sulfonamides is 1. The van der Waals surface area contributed by atoms with Gasteiger partial charge in [0.1, 0.15) is 22.2 Å². The standard InChI is InChI=1S/C11H10ClFN4O2S/c12-8-2-1-3-9(13)11(8)17-20(18,19)7-4-5-10(16-14)15-6-7/h1-6,17H,14H2,(H,15,16). The molecule has 0 amide bonds. The number of nitrogens with zero attached hydrogens (tertiary/aromatic N) is 1. The Hall–Kier alpha value is -1.90. The van der Waals surface area contributed by atoms with Crippen molar-refractivity contribution in [3.63, 3.8) is 0 Å². The molecule has 20 heavy (non-hydrogen) atoms. The fourth-order valence-electron chi connectivity index (χ4n) is 1.41. The highest BCUT2D eigenvalue weighted by atomic mass is 35.5. The minimum Gasteiger partial charge on any atom is -0.308 e. The molecule has 0 fully saturated rings. The minimum absolute atomic E-state index is 0.0400. The van der Waals surface area contributed by atoms with E-state index in [2.05, 4.69) is 15.1 Å². The molecule has 6 nitrogen and oxygen atoms in total. The zero-order valence-corrected chi connectivity index (χ0v) is 11.5. The Morgan fingerprint density at radius 1 is 1.25 bits per heavy atom. The molecule has 0 radical (unpaired) electrons. The van der Waals surface area contributed by atoms with Gasteiger partial charge in [0.25, 0.3) is 10.0 Å². The normalized spacial score (nSPS) is 11.2. The van der Waals surface area contributed by atoms with E-state index in [0.717, 1.165) is 12.3 Å². The Bertz CT molecular complexity index is 701. The maximum absolute atomic E-state index is 13.6. The van der Waals surface area contributed by atoms with E-state index < -0.39 is 15.8 Å². The summed E-state index contributed by atoms with van der Waals surface area (Å²) in [5.74, 6) is 4.66. The van der Waals surface area contributed by atoms with Crippen LogP contribution in [0.15, 0.2) is 41.4 Å². The third-order valence-corrected chi connectivity index (χ3v) is 4.04. The minimum atomic E-state index is -3.99. The molecular weight excluding hydrogens is 307 g/mol. The number of halogens is 2. The first kappa shape index (κ1) is 14.5. The quantitative estimate of drug-likeness (QED) is 0.592. The molecular formula is C11H10ClFN4O2S. The molecule has 4 N–H and O–H groups in total. The van der Waals surface area contributed by atoms with Gasteiger partial charge >= 0.3 is 0 Å². The Morgan fingerprint density at radius 2 is 2.00 bits per heavy atom. The molecule has 0 aliphatic heterocycles. The van der Waals surface area contributed by atoms with Gasteiger partial charge in [-0.1, -0.05) is 17.7 Å². The fraction of sp³-hybridized carbons (Fsp3) is 0. The largest absolute Gasteiger partial charge is 0.308 e. The van der Waals surface area contributed by atoms with Gasteiger partial charge in [0.2, 0.25) is 0 Å². The van der Waals surface area contributed by atoms with Crippen LogP contribution in [-0.4, -0.2) is 13.4 Å². The number of para-hydroxylation sites is 1. The maximum Gasteiger partial charge on any atom is 0.263 e. The van der Waals surface area contributed by atoms with Crippen molar-refractivity contribution in [2.75, 3.05) is 10.1 Å². The van der Waals surface area contributed by atoms with Gasteiger partial charge in [-0.05, 0) is 24.3 Å². The van der Waals surface area contributed by atoms with E-state index in [1.165, 1.54) is 24.3 Å². The number of hydrogen-bond acceptors (Lipinski definition) is 5. The van der Waals surface area contributed by atoms with Crippen molar-refractivity contribution >= 4 is 33.1 Å². The molecule has 1 aromatic carbocycles. The van der Waals surface area contributed by atoms with Gasteiger partial charge in [-0.25, -0.2) is 23.6 Å². The summed E-state index contributed by atoms with van der Waals surface area (Å²) < 4.78 is 39.8. The molecule has 0 unspecified atom stereocenters. The number of aromatic nitrogens is 1. The lowest BCUT2D eigenvalue weighted by molar-refractivity contribution is 0.598. The summed E-state index contributed by atoms with van der Waals surface area (Å²) in [6.07, 6.45) is 1.09. The number of hydrazine groups is 1. The first-order valence-corrected chi connectivity index (χ1v) is 7.19. The van der Waals surface area contributed by atoms with Crippen LogP contribution in [0.3, 0.4) is 0 Å². The van der Waals surface area contributed by atoms with Crippen LogP contribution in [0.1, 0.15) is 0 Å². The van der Waals surface area contributed by atoms with Crippen LogP contribution in [0.2, 0.25) is 5.02 Å². The van der Waals surface area contributed by atoms with Crippen molar-refractivity contribution in [2.24, 2.45) is 5.84 Å². The third-order valence-electron chi connectivity index (χ3n) is 2.39. The summed E-state index contributed by atoms with van der Waals surface area (Å²) >= 11 is 5.76. The highest BCUT2D eigenvalue weighted by Gasteiger charge is 2.18. The van der Waals surface area contributed by atoms with Gasteiger partial charge in [0.05, 0.1) is 5.02 Å². The SMILES string of the molecule is NNc1ccc(S(=O)(=O)Nc2c(F)cccc2Cl)cn1. The number of nitrogen functional groups attached to an aromatic ring is 1. The molecule has 1 aromatic heterocycles. The Balaban J connectivity index is 2.35. The number of pyridine rings is 1. The van der Waals surface area contributed by atoms with Crippen LogP contribution in [0.4, 0.5) is 15.9 Å². The summed E-state index contributed by atoms with van der Waals surface area (Å²) in [6.45, 7) is 0. The van der Waals surface area contributed by atoms with E-state index >= 15 is 0 Å². The molecule has 2 rings (SSSR count). The summed E-state index contributed by atoms with van der Waals surface area (Å²) in [4.78, 5) is 3.63. The average molecular weight is 317 g/mol. The summed E-state index contributed by atoms with van der Waals surface area (Å²) in [5.41, 5.74) is 1.96. The lowest BCUT2D eigenvalue weighted by Crippen LogP contribution is -2.15. The van der Waals surface area contributed by atoms with E-state index in [9.17, 15) is 12.8 Å². The second-order valence-electron chi connectivity index (χ2n) is 3.73. The third kappa shape index (κ3) is 2.98. The van der Waals surface area contributed by atoms with Gasteiger partial charge < -0.3 is 5.43 Å². The summed E-state index contributed by atoms with van der Waals surface area (Å²) in [5, 5.41) is -0.0400. The smallest absolute Gasteiger partial charge is 0.263 e. The molecule has 0 bridgehead atoms. The lowest BCUT2D eigenvalue weighted by atomic mass is 10.3. The molecule has 106 valence electrons. The fourth-order valence-corrected chi connectivity index (χ4v) is 2.71. The van der Waals surface area contributed by atoms with Gasteiger partial charge in [0, 0.05) is 6.20 Å². The number of benzene rings is 1. The van der Waals surface area contributed by atoms with Crippen molar-refractivity contribution in [1.29, 1.82) is 0 Å². The van der Waals surface area contributed by atoms with Crippen molar-refractivity contribution in [3.8, 4) is 0 Å². The first-order chi connectivity index (χ1) is 9.44. The van der Waals surface area contributed by atoms with Crippen LogP contribution in [0.25, 0.3) is 0 Å². The molecule has 0 aliphatic carbocycles. The maximum atomic E-state index is 13.6. The number of hydrogen-bond donors (Lipinski definition) is 3. The van der Waals surface area contributed by atoms with Crippen molar-refractivity contribution in [2.45, 2.75) is 4.90 Å². The van der Waals surface area contributed by atoms with Crippen LogP contribution in [0, 0.1) is 5.82 Å². The van der Waals surface area contributed by atoms with Crippen LogP contribution < -0.4 is 16.0 Å². The topological polar surface area (TPSA) is 97.1 Å². The van der Waals surface area contributed by atoms with E-state index in [4.69, 9.17) is 17.4 Å². The molecule has 0 spiro atoms. The van der Waals surface area contributed by atoms with Gasteiger partial charge in [-0.15, -0.1) is 0 Å². The number of anilines is 2. The Morgan fingerprint density at radius 3 is 2.55 bits per heavy atom. The second-order valence-corrected chi connectivity index (χ2v) is 5.82. The molecule has 0 atom stereocenters. The monoisotopic (exact) mass is 316 g/mol. The van der Waals surface area contributed by atoms with E-state index in [1.807, 2.05) is 0 Å². The number of nitrogens with one attached hydrogen (secondary N) is 2. The van der Waals surface area contributed by atoms with E-state index in [-0.39, 0.29) is 15.6 Å². The highest BCUT2D eigenvalue weighted by Crippen LogP contribution is 2.27. The van der Waals surface area contributed by atoms with Crippen molar-refractivity contribution < 1.29 is 12.8 Å². The first-order valence-electron chi connectivity index (χ1n) is 5.33. The predicted octanol–water partition coefficient (Wildman–Crippen LogP) is 1.96. The highest BCUT2D eigenvalue weighted by molar-refractivity contribution is 7.92. The molecule has 1 heterocycles.